The molecule has 2 aromatic heterocycles. The predicted octanol–water partition coefficient (Wildman–Crippen LogP) is 5.68. The summed E-state index contributed by atoms with van der Waals surface area (Å²) in [6.45, 7) is 1.86. The van der Waals surface area contributed by atoms with Gasteiger partial charge in [0.2, 0.25) is 5.88 Å². The van der Waals surface area contributed by atoms with Crippen molar-refractivity contribution in [1.29, 1.82) is 0 Å². The van der Waals surface area contributed by atoms with Crippen molar-refractivity contribution in [3.63, 3.8) is 0 Å². The lowest BCUT2D eigenvalue weighted by Crippen LogP contribution is -2.35. The molecular formula is C21H16Cl2F3N3O3. The molecule has 32 heavy (non-hydrogen) atoms. The highest BCUT2D eigenvalue weighted by molar-refractivity contribution is 6.31. The van der Waals surface area contributed by atoms with Gasteiger partial charge < -0.3 is 14.8 Å². The van der Waals surface area contributed by atoms with Gasteiger partial charge in [-0.05, 0) is 48.9 Å². The number of alkyl halides is 3. The summed E-state index contributed by atoms with van der Waals surface area (Å²) >= 11 is 11.6. The number of nitrogens with one attached hydrogen (secondary N) is 1. The van der Waals surface area contributed by atoms with Gasteiger partial charge in [-0.25, -0.2) is 9.97 Å². The average Bonchev–Trinajstić information content (AvgIpc) is 2.75. The second-order valence-corrected chi connectivity index (χ2v) is 7.34. The number of pyridine rings is 2. The molecule has 0 aliphatic rings. The van der Waals surface area contributed by atoms with E-state index in [4.69, 9.17) is 32.7 Å². The van der Waals surface area contributed by atoms with E-state index < -0.39 is 17.8 Å². The molecule has 6 nitrogen and oxygen atoms in total. The van der Waals surface area contributed by atoms with Crippen LogP contribution in [0.1, 0.15) is 18.1 Å². The predicted molar refractivity (Wildman–Crippen MR) is 112 cm³/mol. The van der Waals surface area contributed by atoms with Crippen LogP contribution >= 0.6 is 23.2 Å². The van der Waals surface area contributed by atoms with Gasteiger partial charge in [-0.15, -0.1) is 0 Å². The lowest BCUT2D eigenvalue weighted by Gasteiger charge is -2.15. The molecule has 11 heteroatoms. The van der Waals surface area contributed by atoms with Crippen LogP contribution in [0.2, 0.25) is 10.2 Å². The number of aromatic nitrogens is 2. The third-order valence-electron chi connectivity index (χ3n) is 4.11. The van der Waals surface area contributed by atoms with Gasteiger partial charge in [0.15, 0.2) is 6.10 Å². The van der Waals surface area contributed by atoms with E-state index >= 15 is 0 Å². The van der Waals surface area contributed by atoms with Crippen molar-refractivity contribution in [3.05, 3.63) is 76.2 Å². The van der Waals surface area contributed by atoms with Crippen LogP contribution < -0.4 is 14.8 Å². The van der Waals surface area contributed by atoms with E-state index in [2.05, 4.69) is 15.3 Å². The van der Waals surface area contributed by atoms with Crippen LogP contribution in [0.15, 0.2) is 54.9 Å². The van der Waals surface area contributed by atoms with E-state index in [9.17, 15) is 18.0 Å². The highest BCUT2D eigenvalue weighted by Gasteiger charge is 2.31. The summed E-state index contributed by atoms with van der Waals surface area (Å²) in [5.74, 6) is 0.164. The van der Waals surface area contributed by atoms with E-state index in [1.807, 2.05) is 0 Å². The van der Waals surface area contributed by atoms with Crippen LogP contribution in [0, 0.1) is 0 Å². The van der Waals surface area contributed by atoms with Gasteiger partial charge in [0.25, 0.3) is 5.91 Å². The Morgan fingerprint density at radius 3 is 2.34 bits per heavy atom. The Morgan fingerprint density at radius 1 is 1.06 bits per heavy atom. The number of ether oxygens (including phenoxy) is 2. The van der Waals surface area contributed by atoms with E-state index in [-0.39, 0.29) is 29.1 Å². The Bertz CT molecular complexity index is 1080. The quantitative estimate of drug-likeness (QED) is 0.436. The van der Waals surface area contributed by atoms with Crippen LogP contribution in [0.5, 0.6) is 17.4 Å². The van der Waals surface area contributed by atoms with Gasteiger partial charge in [0.1, 0.15) is 21.7 Å². The number of carbonyl (C=O) groups is 1. The van der Waals surface area contributed by atoms with E-state index in [1.165, 1.54) is 12.1 Å². The fourth-order valence-electron chi connectivity index (χ4n) is 2.45. The Hall–Kier alpha value is -3.04. The molecule has 0 aliphatic carbocycles. The number of hydrogen-bond acceptors (Lipinski definition) is 5. The molecule has 0 radical (unpaired) electrons. The smallest absolute Gasteiger partial charge is 0.417 e. The van der Waals surface area contributed by atoms with E-state index in [0.717, 1.165) is 11.6 Å². The normalized spacial score (nSPS) is 12.2. The van der Waals surface area contributed by atoms with Gasteiger partial charge in [0, 0.05) is 18.9 Å². The standard InChI is InChI=1S/C21H16Cl2F3N3O3/c1-12(19(30)28-10-13-2-7-18(23)27-9-13)31-15-3-5-16(6-4-15)32-20-17(22)8-14(11-29-20)21(24,25)26/h2-9,11-12H,10H2,1H3,(H,28,30)/t12-/m1/s1. The molecule has 0 fully saturated rings. The second kappa shape index (κ2) is 10.1. The number of halogens is 5. The molecule has 0 bridgehead atoms. The maximum Gasteiger partial charge on any atom is 0.417 e. The minimum absolute atomic E-state index is 0.169. The number of hydrogen-bond donors (Lipinski definition) is 1. The fraction of sp³-hybridized carbons (Fsp3) is 0.190. The Balaban J connectivity index is 1.55. The number of amides is 1. The highest BCUT2D eigenvalue weighted by Crippen LogP contribution is 2.34. The first-order chi connectivity index (χ1) is 15.1. The molecule has 0 saturated heterocycles. The van der Waals surface area contributed by atoms with Gasteiger partial charge in [-0.2, -0.15) is 13.2 Å². The molecule has 1 N–H and O–H groups in total. The largest absolute Gasteiger partial charge is 0.481 e. The molecule has 0 spiro atoms. The van der Waals surface area contributed by atoms with Crippen molar-refractivity contribution < 1.29 is 27.4 Å². The monoisotopic (exact) mass is 485 g/mol. The van der Waals surface area contributed by atoms with Crippen LogP contribution in [0.25, 0.3) is 0 Å². The van der Waals surface area contributed by atoms with Crippen molar-refractivity contribution in [2.45, 2.75) is 25.7 Å². The van der Waals surface area contributed by atoms with Crippen LogP contribution in [0.4, 0.5) is 13.2 Å². The number of rotatable bonds is 7. The Morgan fingerprint density at radius 2 is 1.75 bits per heavy atom. The molecule has 1 aromatic carbocycles. The first-order valence-electron chi connectivity index (χ1n) is 9.17. The van der Waals surface area contributed by atoms with Gasteiger partial charge in [-0.3, -0.25) is 4.79 Å². The molecule has 0 aliphatic heterocycles. The maximum atomic E-state index is 12.7. The number of carbonyl (C=O) groups excluding carboxylic acids is 1. The van der Waals surface area contributed by atoms with Gasteiger partial charge in [0.05, 0.1) is 5.56 Å². The minimum atomic E-state index is -4.55. The fourth-order valence-corrected chi connectivity index (χ4v) is 2.77. The molecule has 1 amide bonds. The lowest BCUT2D eigenvalue weighted by atomic mass is 10.2. The zero-order chi connectivity index (χ0) is 23.3. The zero-order valence-electron chi connectivity index (χ0n) is 16.5. The first-order valence-corrected chi connectivity index (χ1v) is 9.93. The Labute approximate surface area is 191 Å². The average molecular weight is 486 g/mol. The van der Waals surface area contributed by atoms with Crippen LogP contribution in [-0.2, 0) is 17.5 Å². The summed E-state index contributed by atoms with van der Waals surface area (Å²) in [5, 5.41) is 2.81. The third kappa shape index (κ3) is 6.48. The van der Waals surface area contributed by atoms with Crippen LogP contribution in [0.3, 0.4) is 0 Å². The van der Waals surface area contributed by atoms with Crippen molar-refractivity contribution in [2.75, 3.05) is 0 Å². The first kappa shape index (κ1) is 23.6. The number of nitrogens with zero attached hydrogens (tertiary/aromatic N) is 2. The van der Waals surface area contributed by atoms with Gasteiger partial charge in [-0.1, -0.05) is 29.3 Å². The number of benzene rings is 1. The molecule has 2 heterocycles. The summed E-state index contributed by atoms with van der Waals surface area (Å²) in [7, 11) is 0. The van der Waals surface area contributed by atoms with Crippen molar-refractivity contribution in [3.8, 4) is 17.4 Å². The van der Waals surface area contributed by atoms with Crippen LogP contribution in [-0.4, -0.2) is 22.0 Å². The summed E-state index contributed by atoms with van der Waals surface area (Å²) in [4.78, 5) is 19.8. The summed E-state index contributed by atoms with van der Waals surface area (Å²) in [5.41, 5.74) is -0.190. The molecule has 168 valence electrons. The molecule has 3 rings (SSSR count). The molecule has 1 atom stereocenters. The van der Waals surface area contributed by atoms with E-state index in [1.54, 1.807) is 37.4 Å². The SMILES string of the molecule is C[C@@H](Oc1ccc(Oc2ncc(C(F)(F)F)cc2Cl)cc1)C(=O)NCc1ccc(Cl)nc1. The van der Waals surface area contributed by atoms with Crippen molar-refractivity contribution >= 4 is 29.1 Å². The molecule has 0 saturated carbocycles. The summed E-state index contributed by atoms with van der Waals surface area (Å²) < 4.78 is 49.1. The maximum absolute atomic E-state index is 12.7. The second-order valence-electron chi connectivity index (χ2n) is 6.55. The van der Waals surface area contributed by atoms with E-state index in [0.29, 0.717) is 17.1 Å². The zero-order valence-corrected chi connectivity index (χ0v) is 18.0. The molecular weight excluding hydrogens is 470 g/mol. The lowest BCUT2D eigenvalue weighted by molar-refractivity contribution is -0.137. The summed E-state index contributed by atoms with van der Waals surface area (Å²) in [6.07, 6.45) is -3.14. The van der Waals surface area contributed by atoms with Gasteiger partial charge >= 0.3 is 6.18 Å². The third-order valence-corrected chi connectivity index (χ3v) is 4.60. The van der Waals surface area contributed by atoms with Crippen molar-refractivity contribution in [1.82, 2.24) is 15.3 Å². The highest BCUT2D eigenvalue weighted by atomic mass is 35.5. The minimum Gasteiger partial charge on any atom is -0.481 e. The Kier molecular flexibility index (Phi) is 7.42. The topological polar surface area (TPSA) is 73.3 Å². The van der Waals surface area contributed by atoms with Crippen molar-refractivity contribution in [2.24, 2.45) is 0 Å². The molecule has 3 aromatic rings. The summed E-state index contributed by atoms with van der Waals surface area (Å²) in [6, 6.07) is 10.2. The molecule has 0 unspecified atom stereocenters.